The van der Waals surface area contributed by atoms with E-state index in [1.807, 2.05) is 6.92 Å². The van der Waals surface area contributed by atoms with E-state index in [-0.39, 0.29) is 11.3 Å². The van der Waals surface area contributed by atoms with E-state index in [4.69, 9.17) is 0 Å². The number of rotatable bonds is 7. The van der Waals surface area contributed by atoms with E-state index in [0.717, 1.165) is 47.2 Å². The van der Waals surface area contributed by atoms with Crippen molar-refractivity contribution in [3.8, 4) is 0 Å². The molecule has 0 aliphatic rings. The molecule has 0 N–H and O–H groups in total. The van der Waals surface area contributed by atoms with Crippen LogP contribution in [0.25, 0.3) is 10.9 Å². The van der Waals surface area contributed by atoms with Crippen molar-refractivity contribution >= 4 is 34.6 Å². The molecule has 122 valence electrons. The Hall–Kier alpha value is -2.08. The number of thioether (sulfide) groups is 1. The van der Waals surface area contributed by atoms with Gasteiger partial charge in [-0.05, 0) is 43.0 Å². The Bertz CT molecular complexity index is 758. The third kappa shape index (κ3) is 4.01. The van der Waals surface area contributed by atoms with Crippen molar-refractivity contribution < 1.29 is 19.8 Å². The van der Waals surface area contributed by atoms with E-state index in [9.17, 15) is 19.8 Å². The summed E-state index contributed by atoms with van der Waals surface area (Å²) in [6, 6.07) is 4.58. The molecule has 0 unspecified atom stereocenters. The molecule has 1 aromatic carbocycles. The van der Waals surface area contributed by atoms with Gasteiger partial charge in [-0.25, -0.2) is 0 Å². The second-order valence-corrected chi connectivity index (χ2v) is 6.27. The first-order valence-corrected chi connectivity index (χ1v) is 8.39. The van der Waals surface area contributed by atoms with E-state index < -0.39 is 11.9 Å². The number of fused-ring (bicyclic) bond motifs is 1. The molecule has 0 bridgehead atoms. The number of pyridine rings is 1. The van der Waals surface area contributed by atoms with Crippen LogP contribution < -0.4 is 10.2 Å². The zero-order valence-corrected chi connectivity index (χ0v) is 13.9. The molecule has 23 heavy (non-hydrogen) atoms. The van der Waals surface area contributed by atoms with E-state index in [1.54, 1.807) is 6.07 Å². The van der Waals surface area contributed by atoms with Crippen molar-refractivity contribution in [2.24, 2.45) is 0 Å². The standard InChI is InChI=1S/C17H19NO4S/c1-3-4-5-12-10(2)18-14-7-6-11(17(21)22)8-13(14)16(12)23-9-15(19)20/h6-8H,3-5,9H2,1-2H3,(H,19,20)(H,21,22)/p-2. The molecule has 6 heteroatoms. The molecule has 0 radical (unpaired) electrons. The summed E-state index contributed by atoms with van der Waals surface area (Å²) < 4.78 is 0. The lowest BCUT2D eigenvalue weighted by molar-refractivity contribution is -0.301. The van der Waals surface area contributed by atoms with Gasteiger partial charge in [0.05, 0.1) is 17.5 Å². The zero-order valence-electron chi connectivity index (χ0n) is 13.0. The van der Waals surface area contributed by atoms with Crippen LogP contribution in [0.4, 0.5) is 0 Å². The van der Waals surface area contributed by atoms with Gasteiger partial charge in [0.25, 0.3) is 0 Å². The van der Waals surface area contributed by atoms with E-state index >= 15 is 0 Å². The Morgan fingerprint density at radius 2 is 2.00 bits per heavy atom. The normalized spacial score (nSPS) is 10.9. The van der Waals surface area contributed by atoms with Gasteiger partial charge in [0.15, 0.2) is 0 Å². The van der Waals surface area contributed by atoms with Gasteiger partial charge < -0.3 is 19.8 Å². The predicted octanol–water partition coefficient (Wildman–Crippen LogP) is 1.09. The van der Waals surface area contributed by atoms with Crippen LogP contribution in [0, 0.1) is 6.92 Å². The van der Waals surface area contributed by atoms with Gasteiger partial charge in [-0.1, -0.05) is 19.4 Å². The van der Waals surface area contributed by atoms with Gasteiger partial charge in [0.2, 0.25) is 0 Å². The number of nitrogens with zero attached hydrogens (tertiary/aromatic N) is 1. The Balaban J connectivity index is 2.64. The number of carboxylic acids is 2. The van der Waals surface area contributed by atoms with Crippen LogP contribution >= 0.6 is 11.8 Å². The molecule has 0 aliphatic heterocycles. The maximum Gasteiger partial charge on any atom is 0.0717 e. The average Bonchev–Trinajstić information content (AvgIpc) is 2.50. The van der Waals surface area contributed by atoms with Crippen LogP contribution in [0.3, 0.4) is 0 Å². The molecule has 1 heterocycles. The lowest BCUT2D eigenvalue weighted by Crippen LogP contribution is -2.24. The number of carboxylic acid groups (broad SMARTS) is 2. The molecular weight excluding hydrogens is 314 g/mol. The van der Waals surface area contributed by atoms with Crippen LogP contribution in [0.5, 0.6) is 0 Å². The fraction of sp³-hybridized carbons (Fsp3) is 0.353. The molecular formula is C17H17NO4S-2. The van der Waals surface area contributed by atoms with Crippen molar-refractivity contribution in [2.45, 2.75) is 38.0 Å². The first-order valence-electron chi connectivity index (χ1n) is 7.41. The minimum atomic E-state index is -1.27. The first-order chi connectivity index (χ1) is 10.9. The molecule has 2 rings (SSSR count). The molecule has 0 amide bonds. The first kappa shape index (κ1) is 17.3. The summed E-state index contributed by atoms with van der Waals surface area (Å²) in [6.45, 7) is 3.96. The lowest BCUT2D eigenvalue weighted by atomic mass is 10.0. The van der Waals surface area contributed by atoms with Gasteiger partial charge in [-0.15, -0.1) is 11.8 Å². The molecule has 5 nitrogen and oxygen atoms in total. The average molecular weight is 331 g/mol. The number of carbonyl (C=O) groups is 2. The number of hydrogen-bond donors (Lipinski definition) is 0. The minimum Gasteiger partial charge on any atom is -0.549 e. The molecule has 0 spiro atoms. The van der Waals surface area contributed by atoms with Crippen LogP contribution in [-0.4, -0.2) is 22.7 Å². The summed E-state index contributed by atoms with van der Waals surface area (Å²) in [5.41, 5.74) is 2.52. The summed E-state index contributed by atoms with van der Waals surface area (Å²) in [5.74, 6) is -2.61. The van der Waals surface area contributed by atoms with Crippen LogP contribution in [-0.2, 0) is 11.2 Å². The van der Waals surface area contributed by atoms with Crippen LogP contribution in [0.2, 0.25) is 0 Å². The monoisotopic (exact) mass is 331 g/mol. The highest BCUT2D eigenvalue weighted by Crippen LogP contribution is 2.33. The third-order valence-corrected chi connectivity index (χ3v) is 4.73. The quantitative estimate of drug-likeness (QED) is 0.705. The molecule has 0 fully saturated rings. The topological polar surface area (TPSA) is 93.2 Å². The summed E-state index contributed by atoms with van der Waals surface area (Å²) in [4.78, 5) is 27.2. The van der Waals surface area contributed by atoms with Crippen LogP contribution in [0.1, 0.15) is 41.4 Å². The largest absolute Gasteiger partial charge is 0.549 e. The highest BCUT2D eigenvalue weighted by atomic mass is 32.2. The Morgan fingerprint density at radius 3 is 2.61 bits per heavy atom. The number of unbranched alkanes of at least 4 members (excludes halogenated alkanes) is 1. The minimum absolute atomic E-state index is 0.0555. The molecule has 2 aromatic rings. The predicted molar refractivity (Wildman–Crippen MR) is 85.2 cm³/mol. The highest BCUT2D eigenvalue weighted by molar-refractivity contribution is 8.00. The molecule has 0 saturated carbocycles. The van der Waals surface area contributed by atoms with Gasteiger partial charge in [0, 0.05) is 21.7 Å². The number of aliphatic carboxylic acids is 1. The van der Waals surface area contributed by atoms with Gasteiger partial charge >= 0.3 is 0 Å². The van der Waals surface area contributed by atoms with Gasteiger partial charge in [-0.2, -0.15) is 0 Å². The van der Waals surface area contributed by atoms with Crippen molar-refractivity contribution in [1.82, 2.24) is 4.98 Å². The SMILES string of the molecule is CCCCc1c(C)nc2ccc(C(=O)[O-])cc2c1SCC(=O)[O-]. The van der Waals surface area contributed by atoms with Gasteiger partial charge in [0.1, 0.15) is 0 Å². The summed E-state index contributed by atoms with van der Waals surface area (Å²) in [6.07, 6.45) is 2.73. The summed E-state index contributed by atoms with van der Waals surface area (Å²) >= 11 is 1.15. The third-order valence-electron chi connectivity index (χ3n) is 3.59. The number of aryl methyl sites for hydroxylation is 1. The van der Waals surface area contributed by atoms with Gasteiger partial charge in [-0.3, -0.25) is 4.98 Å². The van der Waals surface area contributed by atoms with Crippen LogP contribution in [0.15, 0.2) is 23.1 Å². The maximum atomic E-state index is 11.1. The smallest absolute Gasteiger partial charge is 0.0717 e. The summed E-state index contributed by atoms with van der Waals surface area (Å²) in [5, 5.41) is 22.6. The summed E-state index contributed by atoms with van der Waals surface area (Å²) in [7, 11) is 0. The Kier molecular flexibility index (Phi) is 5.60. The number of aromatic nitrogens is 1. The molecule has 0 aliphatic carbocycles. The second kappa shape index (κ2) is 7.46. The number of hydrogen-bond acceptors (Lipinski definition) is 6. The molecule has 1 aromatic heterocycles. The molecule has 0 atom stereocenters. The number of carbonyl (C=O) groups excluding carboxylic acids is 2. The second-order valence-electron chi connectivity index (χ2n) is 5.29. The Morgan fingerprint density at radius 1 is 1.26 bits per heavy atom. The van der Waals surface area contributed by atoms with Crippen molar-refractivity contribution in [2.75, 3.05) is 5.75 Å². The van der Waals surface area contributed by atoms with E-state index in [0.29, 0.717) is 10.9 Å². The van der Waals surface area contributed by atoms with Crippen molar-refractivity contribution in [1.29, 1.82) is 0 Å². The lowest BCUT2D eigenvalue weighted by Gasteiger charge is -2.16. The number of aromatic carboxylic acids is 1. The fourth-order valence-electron chi connectivity index (χ4n) is 2.46. The van der Waals surface area contributed by atoms with Crippen molar-refractivity contribution in [3.63, 3.8) is 0 Å². The fourth-order valence-corrected chi connectivity index (χ4v) is 3.47. The van der Waals surface area contributed by atoms with Crippen molar-refractivity contribution in [3.05, 3.63) is 35.0 Å². The maximum absolute atomic E-state index is 11.1. The number of benzene rings is 1. The van der Waals surface area contributed by atoms with E-state index in [2.05, 4.69) is 11.9 Å². The molecule has 0 saturated heterocycles. The highest BCUT2D eigenvalue weighted by Gasteiger charge is 2.14. The Labute approximate surface area is 138 Å². The van der Waals surface area contributed by atoms with E-state index in [1.165, 1.54) is 12.1 Å². The zero-order chi connectivity index (χ0) is 17.0.